The van der Waals surface area contributed by atoms with E-state index in [4.69, 9.17) is 16.3 Å². The lowest BCUT2D eigenvalue weighted by atomic mass is 9.56. The van der Waals surface area contributed by atoms with Gasteiger partial charge in [0.25, 0.3) is 0 Å². The maximum absolute atomic E-state index is 11.1. The van der Waals surface area contributed by atoms with Crippen LogP contribution in [0.2, 0.25) is 5.02 Å². The second-order valence-corrected chi connectivity index (χ2v) is 6.46. The Labute approximate surface area is 128 Å². The molecule has 0 heterocycles. The van der Waals surface area contributed by atoms with Crippen molar-refractivity contribution in [3.8, 4) is 5.75 Å². The van der Waals surface area contributed by atoms with Crippen LogP contribution in [0.5, 0.6) is 5.75 Å². The number of halogens is 1. The third kappa shape index (κ3) is 2.49. The second-order valence-electron chi connectivity index (χ2n) is 6.02. The maximum Gasteiger partial charge on any atom is 0.312 e. The van der Waals surface area contributed by atoms with Gasteiger partial charge < -0.3 is 9.84 Å². The van der Waals surface area contributed by atoms with Gasteiger partial charge in [-0.1, -0.05) is 30.9 Å². The third-order valence-electron chi connectivity index (χ3n) is 4.91. The monoisotopic (exact) mass is 311 g/mol. The fourth-order valence-electron chi connectivity index (χ4n) is 3.64. The summed E-state index contributed by atoms with van der Waals surface area (Å²) >= 11 is 5.81. The van der Waals surface area contributed by atoms with E-state index >= 15 is 0 Å². The lowest BCUT2D eigenvalue weighted by Gasteiger charge is -2.54. The highest BCUT2D eigenvalue weighted by molar-refractivity contribution is 6.30. The number of ether oxygens (including phenoxy) is 1. The third-order valence-corrected chi connectivity index (χ3v) is 5.15. The van der Waals surface area contributed by atoms with Crippen molar-refractivity contribution >= 4 is 17.3 Å². The van der Waals surface area contributed by atoms with Crippen molar-refractivity contribution in [3.63, 3.8) is 0 Å². The molecule has 1 aromatic carbocycles. The smallest absolute Gasteiger partial charge is 0.312 e. The minimum atomic E-state index is -0.482. The molecule has 0 aliphatic heterocycles. The van der Waals surface area contributed by atoms with Crippen LogP contribution in [0.15, 0.2) is 18.2 Å². The van der Waals surface area contributed by atoms with Crippen LogP contribution in [0.3, 0.4) is 0 Å². The Morgan fingerprint density at radius 3 is 2.67 bits per heavy atom. The van der Waals surface area contributed by atoms with Gasteiger partial charge in [-0.05, 0) is 25.0 Å². The van der Waals surface area contributed by atoms with Gasteiger partial charge in [0.15, 0.2) is 5.75 Å². The van der Waals surface area contributed by atoms with Crippen molar-refractivity contribution in [3.05, 3.63) is 33.3 Å². The molecule has 3 rings (SSSR count). The van der Waals surface area contributed by atoms with Gasteiger partial charge in [-0.2, -0.15) is 0 Å². The largest absolute Gasteiger partial charge is 0.483 e. The summed E-state index contributed by atoms with van der Waals surface area (Å²) in [4.78, 5) is 10.6. The molecule has 2 unspecified atom stereocenters. The van der Waals surface area contributed by atoms with Crippen LogP contribution in [0.4, 0.5) is 5.69 Å². The molecule has 6 heteroatoms. The van der Waals surface area contributed by atoms with Crippen molar-refractivity contribution in [1.29, 1.82) is 0 Å². The fraction of sp³-hybridized carbons (Fsp3) is 0.600. The Hall–Kier alpha value is -1.33. The molecule has 0 radical (unpaired) electrons. The summed E-state index contributed by atoms with van der Waals surface area (Å²) in [6.45, 7) is 0. The number of benzene rings is 1. The van der Waals surface area contributed by atoms with Gasteiger partial charge in [0, 0.05) is 22.9 Å². The zero-order valence-corrected chi connectivity index (χ0v) is 12.4. The zero-order chi connectivity index (χ0) is 15.0. The Balaban J connectivity index is 1.82. The Morgan fingerprint density at radius 1 is 1.33 bits per heavy atom. The van der Waals surface area contributed by atoms with Gasteiger partial charge in [0.05, 0.1) is 11.0 Å². The van der Waals surface area contributed by atoms with E-state index in [0.29, 0.717) is 11.4 Å². The molecule has 5 nitrogen and oxygen atoms in total. The topological polar surface area (TPSA) is 72.6 Å². The second kappa shape index (κ2) is 5.46. The molecule has 2 saturated carbocycles. The maximum atomic E-state index is 11.1. The summed E-state index contributed by atoms with van der Waals surface area (Å²) in [6, 6.07) is 4.44. The van der Waals surface area contributed by atoms with Gasteiger partial charge >= 0.3 is 5.69 Å². The van der Waals surface area contributed by atoms with Gasteiger partial charge in [-0.25, -0.2) is 0 Å². The molecule has 1 aromatic rings. The van der Waals surface area contributed by atoms with Crippen LogP contribution in [-0.2, 0) is 0 Å². The van der Waals surface area contributed by atoms with Crippen molar-refractivity contribution in [2.75, 3.05) is 0 Å². The highest BCUT2D eigenvalue weighted by Crippen LogP contribution is 2.53. The van der Waals surface area contributed by atoms with E-state index in [9.17, 15) is 15.2 Å². The van der Waals surface area contributed by atoms with E-state index in [2.05, 4.69) is 0 Å². The molecule has 0 bridgehead atoms. The predicted molar refractivity (Wildman–Crippen MR) is 78.7 cm³/mol. The summed E-state index contributed by atoms with van der Waals surface area (Å²) < 4.78 is 5.90. The molecule has 2 aliphatic rings. The van der Waals surface area contributed by atoms with Crippen molar-refractivity contribution in [1.82, 2.24) is 0 Å². The zero-order valence-electron chi connectivity index (χ0n) is 11.6. The molecule has 2 fully saturated rings. The average Bonchev–Trinajstić information content (AvgIpc) is 2.49. The molecule has 1 spiro atoms. The number of hydrogen-bond donors (Lipinski definition) is 1. The SMILES string of the molecule is O=[N+]([O-])c1cc(Cl)ccc1OC1CC(O)C12CCCCC2. The molecule has 0 aromatic heterocycles. The Morgan fingerprint density at radius 2 is 2.05 bits per heavy atom. The summed E-state index contributed by atoms with van der Waals surface area (Å²) in [5, 5.41) is 21.6. The fourth-order valence-corrected chi connectivity index (χ4v) is 3.81. The lowest BCUT2D eigenvalue weighted by molar-refractivity contribution is -0.386. The van der Waals surface area contributed by atoms with Crippen molar-refractivity contribution < 1.29 is 14.8 Å². The average molecular weight is 312 g/mol. The van der Waals surface area contributed by atoms with Crippen LogP contribution in [0, 0.1) is 15.5 Å². The molecule has 2 aliphatic carbocycles. The minimum Gasteiger partial charge on any atom is -0.483 e. The molecular weight excluding hydrogens is 294 g/mol. The van der Waals surface area contributed by atoms with E-state index in [1.807, 2.05) is 0 Å². The number of nitrogens with zero attached hydrogens (tertiary/aromatic N) is 1. The Kier molecular flexibility index (Phi) is 3.80. The van der Waals surface area contributed by atoms with E-state index in [1.165, 1.54) is 12.5 Å². The molecular formula is C15H18ClNO4. The van der Waals surface area contributed by atoms with Gasteiger partial charge in [-0.3, -0.25) is 10.1 Å². The van der Waals surface area contributed by atoms with Crippen molar-refractivity contribution in [2.24, 2.45) is 5.41 Å². The summed E-state index contributed by atoms with van der Waals surface area (Å²) in [6.07, 6.45) is 5.25. The minimum absolute atomic E-state index is 0.116. The highest BCUT2D eigenvalue weighted by Gasteiger charge is 2.56. The number of nitro benzene ring substituents is 1. The molecule has 0 saturated heterocycles. The molecule has 21 heavy (non-hydrogen) atoms. The number of aliphatic hydroxyl groups excluding tert-OH is 1. The lowest BCUT2D eigenvalue weighted by Crippen LogP contribution is -2.60. The van der Waals surface area contributed by atoms with Crippen LogP contribution in [0.25, 0.3) is 0 Å². The first-order valence-electron chi connectivity index (χ1n) is 7.31. The molecule has 2 atom stereocenters. The summed E-state index contributed by atoms with van der Waals surface area (Å²) in [7, 11) is 0. The van der Waals surface area contributed by atoms with Crippen LogP contribution in [-0.4, -0.2) is 22.2 Å². The van der Waals surface area contributed by atoms with E-state index in [1.54, 1.807) is 12.1 Å². The first kappa shape index (κ1) is 14.6. The molecule has 114 valence electrons. The standard InChI is InChI=1S/C15H18ClNO4/c16-10-4-5-12(11(8-10)17(19)20)21-14-9-13(18)15(14)6-2-1-3-7-15/h4-5,8,13-14,18H,1-3,6-7,9H2. The first-order chi connectivity index (χ1) is 10.0. The molecule has 1 N–H and O–H groups in total. The predicted octanol–water partition coefficient (Wildman–Crippen LogP) is 3.71. The van der Waals surface area contributed by atoms with E-state index in [0.717, 1.165) is 25.7 Å². The number of hydrogen-bond acceptors (Lipinski definition) is 4. The van der Waals surface area contributed by atoms with Gasteiger partial charge in [-0.15, -0.1) is 0 Å². The van der Waals surface area contributed by atoms with Crippen LogP contribution >= 0.6 is 11.6 Å². The summed E-state index contributed by atoms with van der Waals surface area (Å²) in [5.74, 6) is 0.242. The first-order valence-corrected chi connectivity index (χ1v) is 7.69. The Bertz CT molecular complexity index is 557. The number of aliphatic hydroxyl groups is 1. The van der Waals surface area contributed by atoms with Crippen LogP contribution in [0.1, 0.15) is 38.5 Å². The van der Waals surface area contributed by atoms with Gasteiger partial charge in [0.2, 0.25) is 0 Å². The normalized spacial score (nSPS) is 27.1. The van der Waals surface area contributed by atoms with E-state index < -0.39 is 4.92 Å². The van der Waals surface area contributed by atoms with E-state index in [-0.39, 0.29) is 29.1 Å². The van der Waals surface area contributed by atoms with Gasteiger partial charge in [0.1, 0.15) is 6.10 Å². The number of nitro groups is 1. The quantitative estimate of drug-likeness (QED) is 0.682. The van der Waals surface area contributed by atoms with Crippen molar-refractivity contribution in [2.45, 2.75) is 50.7 Å². The summed E-state index contributed by atoms with van der Waals surface area (Å²) in [5.41, 5.74) is -0.332. The molecule has 0 amide bonds. The number of rotatable bonds is 3. The highest BCUT2D eigenvalue weighted by atomic mass is 35.5. The van der Waals surface area contributed by atoms with Crippen LogP contribution < -0.4 is 4.74 Å².